The van der Waals surface area contributed by atoms with Crippen molar-refractivity contribution in [1.82, 2.24) is 9.80 Å². The molecule has 9 heteroatoms. The maximum Gasteiger partial charge on any atom is 0.471 e. The lowest BCUT2D eigenvalue weighted by Gasteiger charge is -2.21. The van der Waals surface area contributed by atoms with Crippen LogP contribution in [0.1, 0.15) is 46.3 Å². The number of carbonyl (C=O) groups excluding carboxylic acids is 2. The van der Waals surface area contributed by atoms with E-state index in [0.717, 1.165) is 59.0 Å². The number of Topliss-reactive ketones (excluding diaryl/α,β-unsaturated/α-hetero) is 1. The van der Waals surface area contributed by atoms with E-state index in [1.54, 1.807) is 12.1 Å². The third-order valence-electron chi connectivity index (χ3n) is 6.27. The Balaban J connectivity index is 0.00000432. The van der Waals surface area contributed by atoms with Crippen molar-refractivity contribution in [3.8, 4) is 0 Å². The molecule has 0 bridgehead atoms. The molecule has 1 aliphatic heterocycles. The van der Waals surface area contributed by atoms with Crippen molar-refractivity contribution in [2.45, 2.75) is 44.7 Å². The molecule has 0 spiro atoms. The van der Waals surface area contributed by atoms with Gasteiger partial charge in [-0.25, -0.2) is 0 Å². The van der Waals surface area contributed by atoms with Crippen LogP contribution in [0.25, 0.3) is 0 Å². The van der Waals surface area contributed by atoms with Crippen LogP contribution in [0.4, 0.5) is 13.2 Å². The fourth-order valence-corrected chi connectivity index (χ4v) is 4.45. The summed E-state index contributed by atoms with van der Waals surface area (Å²) in [5.74, 6) is -1.76. The number of nitrogens with zero attached hydrogens (tertiary/aromatic N) is 2. The van der Waals surface area contributed by atoms with Gasteiger partial charge in [0, 0.05) is 36.6 Å². The molecule has 35 heavy (non-hydrogen) atoms. The smallest absolute Gasteiger partial charge is 0.334 e. The molecule has 0 aliphatic carbocycles. The molecule has 0 unspecified atom stereocenters. The Morgan fingerprint density at radius 3 is 2.37 bits per heavy atom. The molecule has 0 fully saturated rings. The molecular formula is C26H31Cl2F3N2O2. The molecule has 0 aromatic heterocycles. The van der Waals surface area contributed by atoms with Crippen molar-refractivity contribution < 1.29 is 22.8 Å². The first-order chi connectivity index (χ1) is 16.1. The van der Waals surface area contributed by atoms with Crippen LogP contribution >= 0.6 is 24.0 Å². The van der Waals surface area contributed by atoms with Gasteiger partial charge in [-0.3, -0.25) is 9.59 Å². The standard InChI is InChI=1S/C26H30ClF3N2O2.ClH/c1-31(15-11-20-6-2-3-7-23(20)27)14-5-4-8-24(33)22-10-9-19-12-16-32(17-13-21(19)18-22)25(34)26(28,29)30;/h2-3,6-7,9-10,18H,4-5,8,11-17H2,1H3;1H. The van der Waals surface area contributed by atoms with E-state index in [9.17, 15) is 22.8 Å². The molecule has 0 saturated heterocycles. The van der Waals surface area contributed by atoms with Gasteiger partial charge in [0.05, 0.1) is 0 Å². The third kappa shape index (κ3) is 8.51. The monoisotopic (exact) mass is 530 g/mol. The van der Waals surface area contributed by atoms with Crippen LogP contribution in [-0.2, 0) is 24.1 Å². The number of likely N-dealkylation sites (N-methyl/N-ethyl adjacent to an activating group) is 1. The molecule has 1 aliphatic rings. The van der Waals surface area contributed by atoms with Gasteiger partial charge in [0.25, 0.3) is 0 Å². The first-order valence-electron chi connectivity index (χ1n) is 11.6. The molecule has 0 atom stereocenters. The number of hydrogen-bond acceptors (Lipinski definition) is 3. The Labute approximate surface area is 215 Å². The Bertz CT molecular complexity index is 1010. The van der Waals surface area contributed by atoms with E-state index in [2.05, 4.69) is 11.9 Å². The second-order valence-electron chi connectivity index (χ2n) is 8.80. The van der Waals surface area contributed by atoms with E-state index in [1.807, 2.05) is 30.3 Å². The first-order valence-corrected chi connectivity index (χ1v) is 12.0. The summed E-state index contributed by atoms with van der Waals surface area (Å²) in [4.78, 5) is 27.3. The fourth-order valence-electron chi connectivity index (χ4n) is 4.22. The van der Waals surface area contributed by atoms with Crippen LogP contribution in [0.15, 0.2) is 42.5 Å². The molecular weight excluding hydrogens is 500 g/mol. The molecule has 0 saturated carbocycles. The molecule has 3 rings (SSSR count). The normalized spacial score (nSPS) is 13.7. The number of hydrogen-bond donors (Lipinski definition) is 0. The molecule has 0 N–H and O–H groups in total. The van der Waals surface area contributed by atoms with Crippen molar-refractivity contribution in [3.63, 3.8) is 0 Å². The number of ketones is 1. The Morgan fingerprint density at radius 1 is 1.00 bits per heavy atom. The highest BCUT2D eigenvalue weighted by molar-refractivity contribution is 6.31. The van der Waals surface area contributed by atoms with Gasteiger partial charge in [0.1, 0.15) is 0 Å². The highest BCUT2D eigenvalue weighted by atomic mass is 35.5. The first kappa shape index (κ1) is 29.1. The van der Waals surface area contributed by atoms with Gasteiger partial charge in [-0.15, -0.1) is 12.4 Å². The average Bonchev–Trinajstić information content (AvgIpc) is 3.02. The van der Waals surface area contributed by atoms with Crippen LogP contribution < -0.4 is 0 Å². The maximum absolute atomic E-state index is 12.8. The van der Waals surface area contributed by atoms with E-state index >= 15 is 0 Å². The van der Waals surface area contributed by atoms with Gasteiger partial charge in [0.15, 0.2) is 5.78 Å². The van der Waals surface area contributed by atoms with E-state index in [4.69, 9.17) is 11.6 Å². The minimum atomic E-state index is -4.86. The number of benzene rings is 2. The maximum atomic E-state index is 12.8. The quantitative estimate of drug-likeness (QED) is 0.305. The van der Waals surface area contributed by atoms with Crippen molar-refractivity contribution in [1.29, 1.82) is 0 Å². The molecule has 2 aromatic rings. The number of alkyl halides is 3. The summed E-state index contributed by atoms with van der Waals surface area (Å²) in [6, 6.07) is 13.2. The second-order valence-corrected chi connectivity index (χ2v) is 9.21. The summed E-state index contributed by atoms with van der Waals surface area (Å²) >= 11 is 6.20. The van der Waals surface area contributed by atoms with Crippen LogP contribution in [0.3, 0.4) is 0 Å². The predicted octanol–water partition coefficient (Wildman–Crippen LogP) is 5.78. The van der Waals surface area contributed by atoms with Crippen molar-refractivity contribution >= 4 is 35.7 Å². The molecule has 1 heterocycles. The van der Waals surface area contributed by atoms with Crippen LogP contribution in [0, 0.1) is 0 Å². The van der Waals surface area contributed by atoms with E-state index in [-0.39, 0.29) is 31.3 Å². The van der Waals surface area contributed by atoms with E-state index in [0.29, 0.717) is 24.8 Å². The summed E-state index contributed by atoms with van der Waals surface area (Å²) in [5, 5.41) is 0.780. The zero-order valence-electron chi connectivity index (χ0n) is 19.7. The number of halogens is 5. The van der Waals surface area contributed by atoms with Crippen LogP contribution in [-0.4, -0.2) is 60.9 Å². The summed E-state index contributed by atoms with van der Waals surface area (Å²) in [7, 11) is 2.05. The van der Waals surface area contributed by atoms with E-state index in [1.165, 1.54) is 0 Å². The SMILES string of the molecule is CN(CCCCC(=O)c1ccc2c(c1)CCN(C(=O)C(F)(F)F)CC2)CCc1ccccc1Cl.Cl. The molecule has 4 nitrogen and oxygen atoms in total. The Hall–Kier alpha value is -2.09. The van der Waals surface area contributed by atoms with Gasteiger partial charge >= 0.3 is 12.1 Å². The summed E-state index contributed by atoms with van der Waals surface area (Å²) in [6.45, 7) is 1.80. The Kier molecular flexibility index (Phi) is 11.1. The number of rotatable bonds is 9. The number of unbranched alkanes of at least 4 members (excludes halogenated alkanes) is 1. The lowest BCUT2D eigenvalue weighted by Crippen LogP contribution is -2.42. The molecule has 192 valence electrons. The number of fused-ring (bicyclic) bond motifs is 1. The van der Waals surface area contributed by atoms with Crippen molar-refractivity contribution in [2.75, 3.05) is 33.2 Å². The summed E-state index contributed by atoms with van der Waals surface area (Å²) < 4.78 is 38.3. The fraction of sp³-hybridized carbons (Fsp3) is 0.462. The summed E-state index contributed by atoms with van der Waals surface area (Å²) in [6.07, 6.45) is -1.24. The molecule has 2 aromatic carbocycles. The lowest BCUT2D eigenvalue weighted by molar-refractivity contribution is -0.185. The van der Waals surface area contributed by atoms with Crippen molar-refractivity contribution in [2.24, 2.45) is 0 Å². The lowest BCUT2D eigenvalue weighted by atomic mass is 9.97. The highest BCUT2D eigenvalue weighted by Crippen LogP contribution is 2.23. The number of amides is 1. The highest BCUT2D eigenvalue weighted by Gasteiger charge is 2.42. The third-order valence-corrected chi connectivity index (χ3v) is 6.64. The topological polar surface area (TPSA) is 40.6 Å². The van der Waals surface area contributed by atoms with Gasteiger partial charge in [0.2, 0.25) is 0 Å². The minimum absolute atomic E-state index is 0. The zero-order valence-corrected chi connectivity index (χ0v) is 21.3. The van der Waals surface area contributed by atoms with Crippen LogP contribution in [0.2, 0.25) is 5.02 Å². The van der Waals surface area contributed by atoms with Gasteiger partial charge in [-0.05, 0) is 74.5 Å². The Morgan fingerprint density at radius 2 is 1.69 bits per heavy atom. The van der Waals surface area contributed by atoms with Crippen molar-refractivity contribution in [3.05, 3.63) is 69.7 Å². The predicted molar refractivity (Wildman–Crippen MR) is 135 cm³/mol. The number of carbonyl (C=O) groups is 2. The van der Waals surface area contributed by atoms with Crippen LogP contribution in [0.5, 0.6) is 0 Å². The average molecular weight is 531 g/mol. The van der Waals surface area contributed by atoms with E-state index < -0.39 is 12.1 Å². The molecule has 0 radical (unpaired) electrons. The molecule has 1 amide bonds. The van der Waals surface area contributed by atoms with Gasteiger partial charge < -0.3 is 9.80 Å². The largest absolute Gasteiger partial charge is 0.471 e. The zero-order chi connectivity index (χ0) is 24.7. The van der Waals surface area contributed by atoms with Gasteiger partial charge in [-0.1, -0.05) is 41.9 Å². The second kappa shape index (κ2) is 13.3. The summed E-state index contributed by atoms with van der Waals surface area (Å²) in [5.41, 5.74) is 3.46. The van der Waals surface area contributed by atoms with Gasteiger partial charge in [-0.2, -0.15) is 13.2 Å². The minimum Gasteiger partial charge on any atom is -0.334 e.